The number of aryl methyl sites for hydroxylation is 1. The number of nitrogens with two attached hydrogens (primary N) is 1. The second-order valence-electron chi connectivity index (χ2n) is 4.15. The Morgan fingerprint density at radius 2 is 2.38 bits per heavy atom. The third kappa shape index (κ3) is 2.95. The lowest BCUT2D eigenvalue weighted by Crippen LogP contribution is -2.38. The summed E-state index contributed by atoms with van der Waals surface area (Å²) in [7, 11) is 1.79. The topological polar surface area (TPSA) is 81.1 Å². The summed E-state index contributed by atoms with van der Waals surface area (Å²) in [6, 6.07) is 0.505. The van der Waals surface area contributed by atoms with Crippen LogP contribution in [-0.4, -0.2) is 27.0 Å². The Hall–Kier alpha value is -1.59. The number of guanidine groups is 1. The minimum absolute atomic E-state index is 0.486. The van der Waals surface area contributed by atoms with Crippen molar-refractivity contribution < 1.29 is 0 Å². The zero-order valence-corrected chi connectivity index (χ0v) is 9.56. The van der Waals surface area contributed by atoms with Gasteiger partial charge in [0.15, 0.2) is 5.96 Å². The van der Waals surface area contributed by atoms with E-state index in [2.05, 4.69) is 20.5 Å². The van der Waals surface area contributed by atoms with Gasteiger partial charge in [0.05, 0.1) is 12.7 Å². The highest BCUT2D eigenvalue weighted by molar-refractivity contribution is 5.78. The lowest BCUT2D eigenvalue weighted by molar-refractivity contribution is 0.623. The van der Waals surface area contributed by atoms with Gasteiger partial charge in [-0.25, -0.2) is 4.99 Å². The fraction of sp³-hybridized carbons (Fsp3) is 0.700. The molecule has 1 fully saturated rings. The molecule has 6 heteroatoms. The van der Waals surface area contributed by atoms with Crippen molar-refractivity contribution >= 4 is 5.96 Å². The molecule has 0 amide bonds. The standard InChI is InChI=1S/C10H18N6/c1-16-13-7-9(15-16)6-12-10(11)14-8-4-2-3-5-8/h7-8H,2-6H2,1H3,(H3,11,12,14). The molecule has 16 heavy (non-hydrogen) atoms. The Kier molecular flexibility index (Phi) is 3.38. The van der Waals surface area contributed by atoms with E-state index in [1.165, 1.54) is 30.5 Å². The Morgan fingerprint density at radius 1 is 1.62 bits per heavy atom. The molecule has 0 aromatic carbocycles. The summed E-state index contributed by atoms with van der Waals surface area (Å²) in [6.07, 6.45) is 6.67. The fourth-order valence-corrected chi connectivity index (χ4v) is 1.95. The van der Waals surface area contributed by atoms with Gasteiger partial charge in [0.1, 0.15) is 5.69 Å². The van der Waals surface area contributed by atoms with Gasteiger partial charge in [0.2, 0.25) is 0 Å². The maximum absolute atomic E-state index is 5.79. The van der Waals surface area contributed by atoms with Gasteiger partial charge < -0.3 is 11.1 Å². The summed E-state index contributed by atoms with van der Waals surface area (Å²) < 4.78 is 0. The molecule has 2 rings (SSSR count). The SMILES string of the molecule is Cn1ncc(CN=C(N)NC2CCCC2)n1. The van der Waals surface area contributed by atoms with E-state index in [0.29, 0.717) is 18.5 Å². The summed E-state index contributed by atoms with van der Waals surface area (Å²) in [5.74, 6) is 0.512. The number of hydrogen-bond acceptors (Lipinski definition) is 3. The van der Waals surface area contributed by atoms with Crippen LogP contribution < -0.4 is 11.1 Å². The van der Waals surface area contributed by atoms with Crippen LogP contribution in [0.1, 0.15) is 31.4 Å². The van der Waals surface area contributed by atoms with Crippen LogP contribution >= 0.6 is 0 Å². The van der Waals surface area contributed by atoms with Gasteiger partial charge in [-0.05, 0) is 12.8 Å². The summed E-state index contributed by atoms with van der Waals surface area (Å²) in [5.41, 5.74) is 6.62. The number of aromatic nitrogens is 3. The first kappa shape index (κ1) is 10.9. The monoisotopic (exact) mass is 222 g/mol. The van der Waals surface area contributed by atoms with Crippen LogP contribution in [0.25, 0.3) is 0 Å². The Bertz CT molecular complexity index is 363. The molecule has 0 radical (unpaired) electrons. The lowest BCUT2D eigenvalue weighted by Gasteiger charge is -2.11. The van der Waals surface area contributed by atoms with Gasteiger partial charge in [0.25, 0.3) is 0 Å². The molecule has 1 aromatic heterocycles. The highest BCUT2D eigenvalue weighted by atomic mass is 15.4. The average molecular weight is 222 g/mol. The van der Waals surface area contributed by atoms with Gasteiger partial charge in [-0.3, -0.25) is 0 Å². The molecule has 0 aliphatic heterocycles. The minimum Gasteiger partial charge on any atom is -0.370 e. The van der Waals surface area contributed by atoms with Gasteiger partial charge in [-0.2, -0.15) is 15.0 Å². The summed E-state index contributed by atoms with van der Waals surface area (Å²) >= 11 is 0. The molecule has 1 saturated carbocycles. The molecule has 0 bridgehead atoms. The quantitative estimate of drug-likeness (QED) is 0.564. The number of rotatable bonds is 3. The molecular formula is C10H18N6. The van der Waals surface area contributed by atoms with Crippen molar-refractivity contribution in [1.82, 2.24) is 20.3 Å². The van der Waals surface area contributed by atoms with Crippen molar-refractivity contribution in [2.75, 3.05) is 0 Å². The zero-order chi connectivity index (χ0) is 11.4. The van der Waals surface area contributed by atoms with Crippen LogP contribution in [0.3, 0.4) is 0 Å². The predicted molar refractivity (Wildman–Crippen MR) is 61.7 cm³/mol. The molecule has 88 valence electrons. The van der Waals surface area contributed by atoms with Crippen molar-refractivity contribution in [3.8, 4) is 0 Å². The minimum atomic E-state index is 0.486. The van der Waals surface area contributed by atoms with Gasteiger partial charge in [-0.15, -0.1) is 0 Å². The number of hydrogen-bond donors (Lipinski definition) is 2. The van der Waals surface area contributed by atoms with E-state index in [1.807, 2.05) is 0 Å². The Morgan fingerprint density at radius 3 is 3.00 bits per heavy atom. The zero-order valence-electron chi connectivity index (χ0n) is 9.56. The maximum atomic E-state index is 5.79. The van der Waals surface area contributed by atoms with Crippen molar-refractivity contribution in [2.24, 2.45) is 17.8 Å². The fourth-order valence-electron chi connectivity index (χ4n) is 1.95. The number of aliphatic imine (C=N–C) groups is 1. The van der Waals surface area contributed by atoms with E-state index in [-0.39, 0.29) is 0 Å². The largest absolute Gasteiger partial charge is 0.370 e. The lowest BCUT2D eigenvalue weighted by atomic mass is 10.2. The first-order valence-corrected chi connectivity index (χ1v) is 5.65. The van der Waals surface area contributed by atoms with E-state index >= 15 is 0 Å². The predicted octanol–water partition coefficient (Wildman–Crippen LogP) is 0.162. The van der Waals surface area contributed by atoms with Gasteiger partial charge >= 0.3 is 0 Å². The van der Waals surface area contributed by atoms with Crippen LogP contribution in [0.4, 0.5) is 0 Å². The van der Waals surface area contributed by atoms with Crippen LogP contribution in [0.15, 0.2) is 11.2 Å². The first-order chi connectivity index (χ1) is 7.74. The third-order valence-corrected chi connectivity index (χ3v) is 2.77. The van der Waals surface area contributed by atoms with Crippen LogP contribution in [0.5, 0.6) is 0 Å². The molecule has 0 saturated heterocycles. The van der Waals surface area contributed by atoms with Crippen LogP contribution in [0, 0.1) is 0 Å². The van der Waals surface area contributed by atoms with E-state index in [1.54, 1.807) is 13.2 Å². The molecule has 1 heterocycles. The molecule has 1 aliphatic rings. The van der Waals surface area contributed by atoms with Crippen molar-refractivity contribution in [1.29, 1.82) is 0 Å². The Balaban J connectivity index is 1.81. The van der Waals surface area contributed by atoms with E-state index in [4.69, 9.17) is 5.73 Å². The van der Waals surface area contributed by atoms with Crippen molar-refractivity contribution in [2.45, 2.75) is 38.3 Å². The van der Waals surface area contributed by atoms with Crippen molar-refractivity contribution in [3.63, 3.8) is 0 Å². The summed E-state index contributed by atoms with van der Waals surface area (Å²) in [4.78, 5) is 5.76. The first-order valence-electron chi connectivity index (χ1n) is 5.65. The third-order valence-electron chi connectivity index (χ3n) is 2.77. The summed E-state index contributed by atoms with van der Waals surface area (Å²) in [6.45, 7) is 0.486. The molecule has 0 atom stereocenters. The average Bonchev–Trinajstić information content (AvgIpc) is 2.87. The van der Waals surface area contributed by atoms with Gasteiger partial charge in [0, 0.05) is 13.1 Å². The van der Waals surface area contributed by atoms with Gasteiger partial charge in [-0.1, -0.05) is 12.8 Å². The maximum Gasteiger partial charge on any atom is 0.189 e. The molecule has 3 N–H and O–H groups in total. The Labute approximate surface area is 94.9 Å². The van der Waals surface area contributed by atoms with E-state index < -0.39 is 0 Å². The normalized spacial score (nSPS) is 17.9. The summed E-state index contributed by atoms with van der Waals surface area (Å²) in [5, 5.41) is 11.3. The molecule has 1 aromatic rings. The smallest absolute Gasteiger partial charge is 0.189 e. The number of nitrogens with one attached hydrogen (secondary N) is 1. The highest BCUT2D eigenvalue weighted by Gasteiger charge is 2.14. The second kappa shape index (κ2) is 4.96. The number of nitrogens with zero attached hydrogens (tertiary/aromatic N) is 4. The van der Waals surface area contributed by atoms with E-state index in [0.717, 1.165) is 5.69 Å². The second-order valence-corrected chi connectivity index (χ2v) is 4.15. The molecule has 1 aliphatic carbocycles. The molecular weight excluding hydrogens is 204 g/mol. The molecule has 0 spiro atoms. The highest BCUT2D eigenvalue weighted by Crippen LogP contribution is 2.17. The van der Waals surface area contributed by atoms with E-state index in [9.17, 15) is 0 Å². The molecule has 6 nitrogen and oxygen atoms in total. The van der Waals surface area contributed by atoms with Crippen LogP contribution in [-0.2, 0) is 13.6 Å². The van der Waals surface area contributed by atoms with Crippen LogP contribution in [0.2, 0.25) is 0 Å². The molecule has 0 unspecified atom stereocenters. The van der Waals surface area contributed by atoms with Crippen molar-refractivity contribution in [3.05, 3.63) is 11.9 Å².